The number of Topliss-reactive ketones (excluding diaryl/α,β-unsaturated/α-hetero) is 2. The van der Waals surface area contributed by atoms with Crippen molar-refractivity contribution in [2.24, 2.45) is 56.2 Å². The maximum absolute atomic E-state index is 14.6. The first-order valence-electron chi connectivity index (χ1n) is 15.7. The van der Waals surface area contributed by atoms with Gasteiger partial charge in [-0.05, 0) is 89.8 Å². The van der Waals surface area contributed by atoms with Crippen molar-refractivity contribution in [2.45, 2.75) is 112 Å². The molecule has 0 heterocycles. The highest BCUT2D eigenvalue weighted by Gasteiger charge is 2.72. The maximum Gasteiger partial charge on any atom is 0.405 e. The van der Waals surface area contributed by atoms with Crippen LogP contribution >= 0.6 is 0 Å². The van der Waals surface area contributed by atoms with Gasteiger partial charge in [0.1, 0.15) is 18.4 Å². The standard InChI is InChI=1S/C34H47F3N2O3/c1-28(2)10-12-33(17-25(41)39-19-34(35,36)37)13-11-32(7)26(21(33)16-28)22(40)14-24-30(5)15-20(18-38)27(42)29(3,4)23(30)8-9-31(24,32)6/h15,21,23-24,26H,8-14,16-17,19H2,1-7H3,(H,39,41)/t21-,23+,24-,26+,30+,31-,32-,33-/m1/s1. The average Bonchev–Trinajstić information content (AvgIpc) is 2.87. The van der Waals surface area contributed by atoms with Gasteiger partial charge < -0.3 is 5.32 Å². The summed E-state index contributed by atoms with van der Waals surface area (Å²) in [6.45, 7) is 13.7. The molecule has 4 fully saturated rings. The summed E-state index contributed by atoms with van der Waals surface area (Å²) in [4.78, 5) is 40.8. The van der Waals surface area contributed by atoms with E-state index in [4.69, 9.17) is 0 Å². The first-order chi connectivity index (χ1) is 19.2. The molecule has 0 spiro atoms. The Hall–Kier alpha value is -2.17. The minimum absolute atomic E-state index is 0.0220. The summed E-state index contributed by atoms with van der Waals surface area (Å²) in [6, 6.07) is 2.16. The zero-order valence-electron chi connectivity index (χ0n) is 26.3. The predicted molar refractivity (Wildman–Crippen MR) is 153 cm³/mol. The number of nitriles is 1. The van der Waals surface area contributed by atoms with Crippen LogP contribution in [-0.2, 0) is 14.4 Å². The smallest absolute Gasteiger partial charge is 0.347 e. The maximum atomic E-state index is 14.6. The van der Waals surface area contributed by atoms with Crippen LogP contribution in [0, 0.1) is 67.5 Å². The number of allylic oxidation sites excluding steroid dienone is 2. The predicted octanol–water partition coefficient (Wildman–Crippen LogP) is 7.35. The Kier molecular flexibility index (Phi) is 7.01. The van der Waals surface area contributed by atoms with E-state index in [9.17, 15) is 32.8 Å². The zero-order valence-corrected chi connectivity index (χ0v) is 26.3. The fourth-order valence-electron chi connectivity index (χ4n) is 11.3. The minimum Gasteiger partial charge on any atom is -0.347 e. The van der Waals surface area contributed by atoms with Gasteiger partial charge in [-0.15, -0.1) is 0 Å². The summed E-state index contributed by atoms with van der Waals surface area (Å²) in [5.41, 5.74) is -2.12. The normalized spacial score (nSPS) is 44.0. The lowest BCUT2D eigenvalue weighted by molar-refractivity contribution is -0.223. The number of nitrogens with zero attached hydrogens (tertiary/aromatic N) is 1. The molecule has 5 nitrogen and oxygen atoms in total. The van der Waals surface area contributed by atoms with Gasteiger partial charge in [-0.1, -0.05) is 54.5 Å². The Bertz CT molecular complexity index is 1280. The van der Waals surface area contributed by atoms with Crippen LogP contribution in [0.5, 0.6) is 0 Å². The highest BCUT2D eigenvalue weighted by atomic mass is 19.4. The van der Waals surface area contributed by atoms with Crippen LogP contribution in [0.15, 0.2) is 11.6 Å². The van der Waals surface area contributed by atoms with Gasteiger partial charge in [0.25, 0.3) is 0 Å². The molecule has 5 rings (SSSR count). The Morgan fingerprint density at radius 3 is 2.24 bits per heavy atom. The third-order valence-corrected chi connectivity index (χ3v) is 13.6. The van der Waals surface area contributed by atoms with Gasteiger partial charge in [-0.3, -0.25) is 14.4 Å². The molecule has 8 heteroatoms. The average molecular weight is 589 g/mol. The molecule has 42 heavy (non-hydrogen) atoms. The Labute approximate surface area is 248 Å². The summed E-state index contributed by atoms with van der Waals surface area (Å²) in [7, 11) is 0. The second kappa shape index (κ2) is 9.41. The van der Waals surface area contributed by atoms with Gasteiger partial charge in [0.2, 0.25) is 5.91 Å². The van der Waals surface area contributed by atoms with E-state index in [0.29, 0.717) is 12.8 Å². The van der Waals surface area contributed by atoms with Crippen LogP contribution < -0.4 is 5.32 Å². The van der Waals surface area contributed by atoms with E-state index in [1.165, 1.54) is 0 Å². The second-order valence-electron chi connectivity index (χ2n) is 16.6. The van der Waals surface area contributed by atoms with Crippen molar-refractivity contribution >= 4 is 17.5 Å². The van der Waals surface area contributed by atoms with Crippen LogP contribution in [0.1, 0.15) is 106 Å². The molecule has 1 N–H and O–H groups in total. The summed E-state index contributed by atoms with van der Waals surface area (Å²) in [5.74, 6) is -0.878. The highest BCUT2D eigenvalue weighted by Crippen LogP contribution is 2.76. The molecule has 0 unspecified atom stereocenters. The molecule has 0 radical (unpaired) electrons. The van der Waals surface area contributed by atoms with Crippen LogP contribution in [0.25, 0.3) is 0 Å². The van der Waals surface area contributed by atoms with Gasteiger partial charge in [-0.25, -0.2) is 0 Å². The SMILES string of the molecule is CC1(C)CC[C@]2(CC(=O)NCC(F)(F)F)CC[C@]3(C)[C@H](C(=O)C[C@@H]4[C@@]5(C)C=C(C#N)C(=O)C(C)(C)[C@@H]5CC[C@]43C)[C@H]2C1. The number of carbonyl (C=O) groups is 3. The summed E-state index contributed by atoms with van der Waals surface area (Å²) < 4.78 is 38.7. The lowest BCUT2D eigenvalue weighted by atomic mass is 9.31. The number of amides is 1. The number of fused-ring (bicyclic) bond motifs is 7. The lowest BCUT2D eigenvalue weighted by Crippen LogP contribution is -2.68. The van der Waals surface area contributed by atoms with Crippen molar-refractivity contribution in [3.8, 4) is 6.07 Å². The molecule has 0 aromatic rings. The first-order valence-corrected chi connectivity index (χ1v) is 15.7. The van der Waals surface area contributed by atoms with Crippen LogP contribution in [0.2, 0.25) is 0 Å². The topological polar surface area (TPSA) is 87.0 Å². The molecule has 232 valence electrons. The number of hydrogen-bond acceptors (Lipinski definition) is 4. The van der Waals surface area contributed by atoms with E-state index in [-0.39, 0.29) is 63.5 Å². The highest BCUT2D eigenvalue weighted by molar-refractivity contribution is 6.04. The number of nitrogens with one attached hydrogen (secondary N) is 1. The quantitative estimate of drug-likeness (QED) is 0.373. The van der Waals surface area contributed by atoms with Gasteiger partial charge >= 0.3 is 6.18 Å². The fourth-order valence-corrected chi connectivity index (χ4v) is 11.3. The lowest BCUT2D eigenvalue weighted by Gasteiger charge is -2.72. The molecule has 5 aliphatic rings. The van der Waals surface area contributed by atoms with Crippen LogP contribution in [-0.4, -0.2) is 30.2 Å². The van der Waals surface area contributed by atoms with Crippen molar-refractivity contribution < 1.29 is 27.6 Å². The van der Waals surface area contributed by atoms with Gasteiger partial charge in [0.15, 0.2) is 5.78 Å². The first kappa shape index (κ1) is 31.3. The fraction of sp³-hybridized carbons (Fsp3) is 0.824. The molecule has 0 bridgehead atoms. The van der Waals surface area contributed by atoms with Gasteiger partial charge in [0, 0.05) is 24.2 Å². The van der Waals surface area contributed by atoms with Crippen molar-refractivity contribution in [3.05, 3.63) is 11.6 Å². The molecule has 0 aliphatic heterocycles. The van der Waals surface area contributed by atoms with Crippen LogP contribution in [0.4, 0.5) is 13.2 Å². The molecular formula is C34H47F3N2O3. The number of halogens is 3. The Morgan fingerprint density at radius 2 is 1.62 bits per heavy atom. The molecule has 0 saturated heterocycles. The van der Waals surface area contributed by atoms with E-state index in [2.05, 4.69) is 46.0 Å². The molecule has 4 saturated carbocycles. The van der Waals surface area contributed by atoms with Crippen LogP contribution in [0.3, 0.4) is 0 Å². The van der Waals surface area contributed by atoms with E-state index in [0.717, 1.165) is 38.5 Å². The molecular weight excluding hydrogens is 541 g/mol. The van der Waals surface area contributed by atoms with E-state index in [1.54, 1.807) is 0 Å². The minimum atomic E-state index is -4.47. The summed E-state index contributed by atoms with van der Waals surface area (Å²) in [6.07, 6.45) is 3.32. The number of carbonyl (C=O) groups excluding carboxylic acids is 3. The molecule has 0 aromatic heterocycles. The second-order valence-corrected chi connectivity index (χ2v) is 16.6. The monoisotopic (exact) mass is 588 g/mol. The summed E-state index contributed by atoms with van der Waals surface area (Å²) in [5, 5.41) is 12.0. The van der Waals surface area contributed by atoms with E-state index in [1.807, 2.05) is 19.9 Å². The van der Waals surface area contributed by atoms with E-state index < -0.39 is 34.9 Å². The molecule has 8 atom stereocenters. The third kappa shape index (κ3) is 4.41. The summed E-state index contributed by atoms with van der Waals surface area (Å²) >= 11 is 0. The molecule has 0 aromatic carbocycles. The number of alkyl halides is 3. The van der Waals surface area contributed by atoms with Gasteiger partial charge in [0.05, 0.1) is 5.57 Å². The molecule has 5 aliphatic carbocycles. The van der Waals surface area contributed by atoms with Crippen molar-refractivity contribution in [2.75, 3.05) is 6.54 Å². The third-order valence-electron chi connectivity index (χ3n) is 13.6. The van der Waals surface area contributed by atoms with Crippen molar-refractivity contribution in [1.82, 2.24) is 5.32 Å². The number of rotatable bonds is 3. The van der Waals surface area contributed by atoms with Crippen molar-refractivity contribution in [3.63, 3.8) is 0 Å². The zero-order chi connectivity index (χ0) is 31.3. The Balaban J connectivity index is 1.55. The number of hydrogen-bond donors (Lipinski definition) is 1. The Morgan fingerprint density at radius 1 is 0.976 bits per heavy atom. The molecule has 1 amide bonds. The van der Waals surface area contributed by atoms with Crippen molar-refractivity contribution in [1.29, 1.82) is 5.26 Å². The van der Waals surface area contributed by atoms with Gasteiger partial charge in [-0.2, -0.15) is 18.4 Å². The largest absolute Gasteiger partial charge is 0.405 e. The number of ketones is 2. The van der Waals surface area contributed by atoms with E-state index >= 15 is 0 Å².